The van der Waals surface area contributed by atoms with Crippen LogP contribution in [0.1, 0.15) is 98.8 Å². The number of hydrogen-bond acceptors (Lipinski definition) is 3. The fourth-order valence-electron chi connectivity index (χ4n) is 9.26. The van der Waals surface area contributed by atoms with Gasteiger partial charge in [0.05, 0.1) is 0 Å². The maximum Gasteiger partial charge on any atom is 0.273 e. The van der Waals surface area contributed by atoms with Crippen LogP contribution in [0.5, 0.6) is 0 Å². The van der Waals surface area contributed by atoms with Gasteiger partial charge in [-0.1, -0.05) is 53.9 Å². The number of carbonyl (C=O) groups is 1. The van der Waals surface area contributed by atoms with Gasteiger partial charge >= 0.3 is 0 Å². The Morgan fingerprint density at radius 2 is 1.63 bits per heavy atom. The molecule has 4 aliphatic carbocycles. The third-order valence-electron chi connectivity index (χ3n) is 10.6. The molecule has 0 aromatic heterocycles. The number of nitrogens with zero attached hydrogens (tertiary/aromatic N) is 1. The van der Waals surface area contributed by atoms with E-state index in [1.165, 1.54) is 44.9 Å². The number of fused-ring (bicyclic) bond motifs is 5. The zero-order valence-electron chi connectivity index (χ0n) is 19.9. The van der Waals surface area contributed by atoms with Gasteiger partial charge in [0.1, 0.15) is 0 Å². The molecule has 4 saturated carbocycles. The molecule has 4 nitrogen and oxygen atoms in total. The molecule has 4 aliphatic rings. The van der Waals surface area contributed by atoms with Crippen molar-refractivity contribution in [3.05, 3.63) is 10.1 Å². The van der Waals surface area contributed by atoms with E-state index in [1.54, 1.807) is 0 Å². The van der Waals surface area contributed by atoms with E-state index < -0.39 is 6.04 Å². The van der Waals surface area contributed by atoms with Crippen LogP contribution in [0.3, 0.4) is 0 Å². The highest BCUT2D eigenvalue weighted by atomic mass is 16.6. The Labute approximate surface area is 183 Å². The van der Waals surface area contributed by atoms with E-state index in [9.17, 15) is 14.9 Å². The zero-order chi connectivity index (χ0) is 21.8. The topological polar surface area (TPSA) is 60.2 Å². The fraction of sp³-hybridized carbons (Fsp3) is 0.962. The average molecular weight is 418 g/mol. The van der Waals surface area contributed by atoms with Crippen LogP contribution in [-0.2, 0) is 4.79 Å². The minimum absolute atomic E-state index is 0.0298. The van der Waals surface area contributed by atoms with Gasteiger partial charge in [-0.05, 0) is 84.9 Å². The first kappa shape index (κ1) is 22.3. The lowest BCUT2D eigenvalue weighted by atomic mass is 9.47. The number of ketones is 1. The molecule has 0 saturated heterocycles. The second-order valence-corrected chi connectivity index (χ2v) is 12.5. The molecule has 4 rings (SSSR count). The van der Waals surface area contributed by atoms with Gasteiger partial charge in [0.25, 0.3) is 6.04 Å². The summed E-state index contributed by atoms with van der Waals surface area (Å²) in [6.07, 6.45) is 11.6. The predicted octanol–water partition coefficient (Wildman–Crippen LogP) is 6.54. The first-order valence-electron chi connectivity index (χ1n) is 12.8. The van der Waals surface area contributed by atoms with Gasteiger partial charge in [-0.3, -0.25) is 14.9 Å². The van der Waals surface area contributed by atoms with Crippen LogP contribution in [0.4, 0.5) is 0 Å². The molecule has 0 spiro atoms. The van der Waals surface area contributed by atoms with Crippen molar-refractivity contribution in [3.63, 3.8) is 0 Å². The van der Waals surface area contributed by atoms with Crippen LogP contribution in [0, 0.1) is 62.4 Å². The molecule has 0 N–H and O–H groups in total. The first-order valence-corrected chi connectivity index (χ1v) is 12.8. The van der Waals surface area contributed by atoms with Gasteiger partial charge in [0.15, 0.2) is 0 Å². The summed E-state index contributed by atoms with van der Waals surface area (Å²) in [7, 11) is 0. The summed E-state index contributed by atoms with van der Waals surface area (Å²) in [5.41, 5.74) is 0.298. The molecule has 0 radical (unpaired) electrons. The van der Waals surface area contributed by atoms with Crippen LogP contribution in [0.2, 0.25) is 0 Å². The second kappa shape index (κ2) is 7.89. The molecule has 170 valence electrons. The molecular formula is C26H43NO3. The van der Waals surface area contributed by atoms with Crippen molar-refractivity contribution in [1.82, 2.24) is 0 Å². The van der Waals surface area contributed by atoms with Gasteiger partial charge in [0, 0.05) is 17.3 Å². The molecule has 4 heteroatoms. The van der Waals surface area contributed by atoms with Crippen molar-refractivity contribution in [2.45, 2.75) is 105 Å². The van der Waals surface area contributed by atoms with E-state index in [4.69, 9.17) is 0 Å². The summed E-state index contributed by atoms with van der Waals surface area (Å²) in [5, 5.41) is 11.6. The van der Waals surface area contributed by atoms with E-state index in [1.807, 2.05) is 0 Å². The largest absolute Gasteiger partial charge is 0.292 e. The van der Waals surface area contributed by atoms with Crippen molar-refractivity contribution >= 4 is 5.78 Å². The van der Waals surface area contributed by atoms with Crippen LogP contribution in [0.25, 0.3) is 0 Å². The summed E-state index contributed by atoms with van der Waals surface area (Å²) in [6.45, 7) is 12.0. The highest BCUT2D eigenvalue weighted by Crippen LogP contribution is 2.68. The molecular weight excluding hydrogens is 374 g/mol. The maximum absolute atomic E-state index is 12.6. The number of rotatable bonds is 6. The van der Waals surface area contributed by atoms with Crippen LogP contribution >= 0.6 is 0 Å². The Morgan fingerprint density at radius 3 is 2.30 bits per heavy atom. The van der Waals surface area contributed by atoms with Gasteiger partial charge in [0.2, 0.25) is 5.78 Å². The van der Waals surface area contributed by atoms with Crippen molar-refractivity contribution in [2.75, 3.05) is 0 Å². The van der Waals surface area contributed by atoms with Crippen LogP contribution in [-0.4, -0.2) is 16.7 Å². The maximum atomic E-state index is 12.6. The normalized spacial score (nSPS) is 46.4. The third-order valence-corrected chi connectivity index (χ3v) is 10.6. The fourth-order valence-corrected chi connectivity index (χ4v) is 9.26. The summed E-state index contributed by atoms with van der Waals surface area (Å²) in [6, 6.07) is -0.929. The molecule has 0 bridgehead atoms. The first-order chi connectivity index (χ1) is 14.1. The summed E-state index contributed by atoms with van der Waals surface area (Å²) in [4.78, 5) is 24.0. The molecule has 9 atom stereocenters. The molecule has 0 aromatic carbocycles. The monoisotopic (exact) mass is 417 g/mol. The molecule has 30 heavy (non-hydrogen) atoms. The van der Waals surface area contributed by atoms with Crippen molar-refractivity contribution < 1.29 is 9.72 Å². The van der Waals surface area contributed by atoms with Gasteiger partial charge < -0.3 is 0 Å². The van der Waals surface area contributed by atoms with E-state index in [0.29, 0.717) is 23.7 Å². The molecule has 0 unspecified atom stereocenters. The van der Waals surface area contributed by atoms with E-state index >= 15 is 0 Å². The standard InChI is InChI=1S/C26H43NO3/c1-16(2)7-6-8-17(3)19-11-12-20-18-9-10-22-24(27(29)30)23(28)15-26(22,5)21(18)13-14-25(19,20)4/h16-22,24H,6-15H2,1-5H3/t17-,18+,19-,20+,21+,22+,24+,25-,26-/m1/s1. The Balaban J connectivity index is 1.50. The Morgan fingerprint density at radius 1 is 0.967 bits per heavy atom. The number of nitro groups is 1. The predicted molar refractivity (Wildman–Crippen MR) is 120 cm³/mol. The minimum Gasteiger partial charge on any atom is -0.292 e. The summed E-state index contributed by atoms with van der Waals surface area (Å²) in [5.74, 6) is 4.26. The third kappa shape index (κ3) is 3.35. The lowest BCUT2D eigenvalue weighted by molar-refractivity contribution is -0.518. The van der Waals surface area contributed by atoms with Gasteiger partial charge in [-0.25, -0.2) is 0 Å². The van der Waals surface area contributed by atoms with E-state index in [-0.39, 0.29) is 22.0 Å². The number of Topliss-reactive ketones (excluding diaryl/α,β-unsaturated/α-hetero) is 1. The highest BCUT2D eigenvalue weighted by molar-refractivity contribution is 5.86. The van der Waals surface area contributed by atoms with Crippen LogP contribution < -0.4 is 0 Å². The lowest BCUT2D eigenvalue weighted by Crippen LogP contribution is -2.52. The highest BCUT2D eigenvalue weighted by Gasteiger charge is 2.66. The number of carbonyl (C=O) groups excluding carboxylic acids is 1. The average Bonchev–Trinajstić information content (AvgIpc) is 3.13. The summed E-state index contributed by atoms with van der Waals surface area (Å²) < 4.78 is 0. The van der Waals surface area contributed by atoms with Gasteiger partial charge in [-0.15, -0.1) is 0 Å². The van der Waals surface area contributed by atoms with Crippen LogP contribution in [0.15, 0.2) is 0 Å². The Kier molecular flexibility index (Phi) is 5.85. The molecule has 0 amide bonds. The minimum atomic E-state index is -0.929. The SMILES string of the molecule is CC(C)CCC[C@@H](C)[C@H]1CC[C@H]2[C@@H]3CC[C@H]4[C@H]([N+](=O)[O-])C(=O)C[C@]4(C)[C@H]3CC[C@]12C. The molecule has 0 heterocycles. The van der Waals surface area contributed by atoms with Crippen molar-refractivity contribution in [2.24, 2.45) is 52.3 Å². The Hall–Kier alpha value is -0.930. The molecule has 0 aromatic rings. The van der Waals surface area contributed by atoms with Gasteiger partial charge in [-0.2, -0.15) is 0 Å². The van der Waals surface area contributed by atoms with E-state index in [2.05, 4.69) is 34.6 Å². The van der Waals surface area contributed by atoms with Crippen molar-refractivity contribution in [3.8, 4) is 0 Å². The smallest absolute Gasteiger partial charge is 0.273 e. The van der Waals surface area contributed by atoms with E-state index in [0.717, 1.165) is 36.5 Å². The quantitative estimate of drug-likeness (QED) is 0.364. The summed E-state index contributed by atoms with van der Waals surface area (Å²) >= 11 is 0. The second-order valence-electron chi connectivity index (χ2n) is 12.5. The molecule has 0 aliphatic heterocycles. The number of hydrogen-bond donors (Lipinski definition) is 0. The van der Waals surface area contributed by atoms with Crippen molar-refractivity contribution in [1.29, 1.82) is 0 Å². The lowest BCUT2D eigenvalue weighted by Gasteiger charge is -2.57. The zero-order valence-corrected chi connectivity index (χ0v) is 19.9. The Bertz CT molecular complexity index is 690. The molecule has 4 fully saturated rings.